The number of carbonyl (C=O) groups is 1. The van der Waals surface area contributed by atoms with Crippen LogP contribution in [0.15, 0.2) is 0 Å². The molecule has 1 amide bonds. The van der Waals surface area contributed by atoms with Crippen molar-refractivity contribution in [1.29, 1.82) is 0 Å². The molecular formula is C9H12NO. The molecule has 0 aromatic rings. The fraction of sp³-hybridized carbons (Fsp3) is 0.667. The molecule has 0 atom stereocenters. The minimum absolute atomic E-state index is 0.183. The molecule has 2 nitrogen and oxygen atoms in total. The van der Waals surface area contributed by atoms with Crippen molar-refractivity contribution < 1.29 is 4.79 Å². The van der Waals surface area contributed by atoms with Crippen LogP contribution in [0.25, 0.3) is 0 Å². The van der Waals surface area contributed by atoms with Crippen LogP contribution < -0.4 is 0 Å². The van der Waals surface area contributed by atoms with Gasteiger partial charge in [-0.2, -0.15) is 0 Å². The van der Waals surface area contributed by atoms with E-state index in [1.807, 2.05) is 4.90 Å². The molecule has 1 saturated heterocycles. The molecule has 1 rings (SSSR count). The van der Waals surface area contributed by atoms with E-state index < -0.39 is 0 Å². The van der Waals surface area contributed by atoms with Gasteiger partial charge in [0.15, 0.2) is 0 Å². The molecule has 1 aliphatic rings. The Kier molecular flexibility index (Phi) is 2.97. The van der Waals surface area contributed by atoms with Crippen molar-refractivity contribution in [3.8, 4) is 5.92 Å². The van der Waals surface area contributed by atoms with Crippen LogP contribution in [0.2, 0.25) is 0 Å². The maximum absolute atomic E-state index is 11.2. The number of rotatable bonds is 2. The third-order valence-electron chi connectivity index (χ3n) is 1.92. The second-order valence-corrected chi connectivity index (χ2v) is 2.76. The summed E-state index contributed by atoms with van der Waals surface area (Å²) in [4.78, 5) is 13.1. The zero-order valence-corrected chi connectivity index (χ0v) is 6.60. The Hall–Kier alpha value is -0.970. The van der Waals surface area contributed by atoms with Gasteiger partial charge in [-0.05, 0) is 19.3 Å². The average Bonchev–Trinajstić information content (AvgIpc) is 2.52. The molecule has 0 aromatic heterocycles. The highest BCUT2D eigenvalue weighted by Gasteiger charge is 2.16. The summed E-state index contributed by atoms with van der Waals surface area (Å²) < 4.78 is 0. The van der Waals surface area contributed by atoms with Crippen LogP contribution in [0.1, 0.15) is 25.7 Å². The van der Waals surface area contributed by atoms with Crippen LogP contribution >= 0.6 is 0 Å². The van der Waals surface area contributed by atoms with Crippen LogP contribution in [0.5, 0.6) is 0 Å². The summed E-state index contributed by atoms with van der Waals surface area (Å²) >= 11 is 0. The molecule has 0 unspecified atom stereocenters. The lowest BCUT2D eigenvalue weighted by Gasteiger charge is -2.13. The number of nitrogens with zero attached hydrogens (tertiary/aromatic N) is 1. The fourth-order valence-corrected chi connectivity index (χ4v) is 1.29. The Labute approximate surface area is 67.6 Å². The lowest BCUT2D eigenvalue weighted by Crippen LogP contribution is -2.27. The first-order valence-corrected chi connectivity index (χ1v) is 4.02. The standard InChI is InChI=1S/C9H12NO/c1-2-3-6-9(11)10-7-4-5-8-10/h3-8H2. The highest BCUT2D eigenvalue weighted by molar-refractivity contribution is 5.76. The summed E-state index contributed by atoms with van der Waals surface area (Å²) in [5.74, 6) is 2.41. The molecule has 0 aliphatic carbocycles. The quantitative estimate of drug-likeness (QED) is 0.537. The molecular weight excluding hydrogens is 138 g/mol. The lowest BCUT2D eigenvalue weighted by molar-refractivity contribution is -0.129. The first-order valence-electron chi connectivity index (χ1n) is 4.02. The van der Waals surface area contributed by atoms with Crippen molar-refractivity contribution in [2.75, 3.05) is 13.1 Å². The normalized spacial score (nSPS) is 16.5. The third kappa shape index (κ3) is 2.27. The van der Waals surface area contributed by atoms with E-state index in [9.17, 15) is 4.79 Å². The van der Waals surface area contributed by atoms with Gasteiger partial charge in [-0.3, -0.25) is 4.79 Å². The van der Waals surface area contributed by atoms with Gasteiger partial charge in [0, 0.05) is 25.9 Å². The Morgan fingerprint density at radius 3 is 2.64 bits per heavy atom. The van der Waals surface area contributed by atoms with Crippen molar-refractivity contribution in [1.82, 2.24) is 4.90 Å². The molecule has 1 fully saturated rings. The van der Waals surface area contributed by atoms with E-state index in [0.717, 1.165) is 25.9 Å². The van der Waals surface area contributed by atoms with Crippen molar-refractivity contribution in [3.63, 3.8) is 0 Å². The predicted octanol–water partition coefficient (Wildman–Crippen LogP) is 0.979. The number of hydrogen-bond acceptors (Lipinski definition) is 1. The summed E-state index contributed by atoms with van der Waals surface area (Å²) in [7, 11) is 0. The highest BCUT2D eigenvalue weighted by atomic mass is 16.2. The smallest absolute Gasteiger partial charge is 0.223 e. The average molecular weight is 150 g/mol. The van der Waals surface area contributed by atoms with Gasteiger partial charge in [0.2, 0.25) is 5.91 Å². The monoisotopic (exact) mass is 150 g/mol. The van der Waals surface area contributed by atoms with E-state index in [0.29, 0.717) is 12.8 Å². The second-order valence-electron chi connectivity index (χ2n) is 2.76. The Morgan fingerprint density at radius 2 is 2.09 bits per heavy atom. The van der Waals surface area contributed by atoms with Gasteiger partial charge in [-0.1, -0.05) is 5.92 Å². The third-order valence-corrected chi connectivity index (χ3v) is 1.92. The second kappa shape index (κ2) is 4.02. The highest BCUT2D eigenvalue weighted by Crippen LogP contribution is 2.09. The summed E-state index contributed by atoms with van der Waals surface area (Å²) in [6, 6.07) is 0. The fourth-order valence-electron chi connectivity index (χ4n) is 1.29. The van der Waals surface area contributed by atoms with Crippen LogP contribution in [0.3, 0.4) is 0 Å². The zero-order valence-electron chi connectivity index (χ0n) is 6.60. The lowest BCUT2D eigenvalue weighted by atomic mass is 10.3. The zero-order chi connectivity index (χ0) is 8.10. The Bertz CT molecular complexity index is 174. The molecule has 1 radical (unpaired) electrons. The molecule has 11 heavy (non-hydrogen) atoms. The summed E-state index contributed by atoms with van der Waals surface area (Å²) in [5, 5.41) is 0. The number of carbonyl (C=O) groups excluding carboxylic acids is 1. The number of hydrogen-bond donors (Lipinski definition) is 0. The summed E-state index contributed by atoms with van der Waals surface area (Å²) in [6.07, 6.45) is 9.85. The van der Waals surface area contributed by atoms with Crippen LogP contribution in [-0.2, 0) is 4.79 Å². The molecule has 0 bridgehead atoms. The summed E-state index contributed by atoms with van der Waals surface area (Å²) in [6.45, 7) is 1.83. The molecule has 2 heteroatoms. The van der Waals surface area contributed by atoms with Gasteiger partial charge >= 0.3 is 0 Å². The maximum atomic E-state index is 11.2. The van der Waals surface area contributed by atoms with E-state index in [1.54, 1.807) is 0 Å². The van der Waals surface area contributed by atoms with Crippen molar-refractivity contribution in [2.24, 2.45) is 0 Å². The van der Waals surface area contributed by atoms with Crippen molar-refractivity contribution >= 4 is 5.91 Å². The van der Waals surface area contributed by atoms with Gasteiger partial charge in [0.05, 0.1) is 0 Å². The number of likely N-dealkylation sites (tertiary alicyclic amines) is 1. The predicted molar refractivity (Wildman–Crippen MR) is 42.2 cm³/mol. The van der Waals surface area contributed by atoms with Gasteiger partial charge in [0.1, 0.15) is 0 Å². The molecule has 0 N–H and O–H groups in total. The minimum Gasteiger partial charge on any atom is -0.343 e. The Morgan fingerprint density at radius 1 is 1.45 bits per heavy atom. The van der Waals surface area contributed by atoms with E-state index in [1.165, 1.54) is 0 Å². The van der Waals surface area contributed by atoms with E-state index >= 15 is 0 Å². The minimum atomic E-state index is 0.183. The molecule has 1 aliphatic heterocycles. The Balaban J connectivity index is 2.24. The first kappa shape index (κ1) is 8.13. The van der Waals surface area contributed by atoms with Gasteiger partial charge < -0.3 is 4.90 Å². The first-order chi connectivity index (χ1) is 5.34. The van der Waals surface area contributed by atoms with E-state index in [-0.39, 0.29) is 5.91 Å². The van der Waals surface area contributed by atoms with Crippen LogP contribution in [0.4, 0.5) is 0 Å². The molecule has 1 heterocycles. The molecule has 59 valence electrons. The van der Waals surface area contributed by atoms with Gasteiger partial charge in [-0.25, -0.2) is 0 Å². The van der Waals surface area contributed by atoms with Crippen molar-refractivity contribution in [3.05, 3.63) is 6.42 Å². The van der Waals surface area contributed by atoms with Crippen LogP contribution in [0, 0.1) is 12.3 Å². The van der Waals surface area contributed by atoms with Crippen molar-refractivity contribution in [2.45, 2.75) is 25.7 Å². The number of amides is 1. The summed E-state index contributed by atoms with van der Waals surface area (Å²) in [5.41, 5.74) is 0. The topological polar surface area (TPSA) is 20.3 Å². The largest absolute Gasteiger partial charge is 0.343 e. The molecule has 0 aromatic carbocycles. The maximum Gasteiger partial charge on any atom is 0.223 e. The van der Waals surface area contributed by atoms with E-state index in [2.05, 4.69) is 5.92 Å². The van der Waals surface area contributed by atoms with Gasteiger partial charge in [0.25, 0.3) is 0 Å². The molecule has 0 spiro atoms. The molecule has 0 saturated carbocycles. The SMILES string of the molecule is [C]#CCCC(=O)N1CCCC1. The van der Waals surface area contributed by atoms with E-state index in [4.69, 9.17) is 6.42 Å². The van der Waals surface area contributed by atoms with Gasteiger partial charge in [-0.15, -0.1) is 0 Å². The van der Waals surface area contributed by atoms with Crippen LogP contribution in [-0.4, -0.2) is 23.9 Å².